The van der Waals surface area contributed by atoms with Crippen molar-refractivity contribution in [1.82, 2.24) is 0 Å². The van der Waals surface area contributed by atoms with Crippen LogP contribution >= 0.6 is 0 Å². The first kappa shape index (κ1) is 26.0. The lowest BCUT2D eigenvalue weighted by Crippen LogP contribution is -2.38. The van der Waals surface area contributed by atoms with Crippen molar-refractivity contribution in [2.45, 2.75) is 110 Å². The molecule has 0 saturated heterocycles. The lowest BCUT2D eigenvalue weighted by atomic mass is 10.0. The molecule has 4 nitrogen and oxygen atoms in total. The van der Waals surface area contributed by atoms with Gasteiger partial charge in [0.25, 0.3) is 0 Å². The second-order valence-corrected chi connectivity index (χ2v) is 24.4. The molecule has 1 aliphatic rings. The fourth-order valence-corrected chi connectivity index (χ4v) is 6.26. The van der Waals surface area contributed by atoms with Gasteiger partial charge in [0.05, 0.1) is 18.8 Å². The molecule has 0 N–H and O–H groups in total. The first-order valence-electron chi connectivity index (χ1n) is 10.9. The van der Waals surface area contributed by atoms with Crippen LogP contribution in [0.4, 0.5) is 0 Å². The number of allylic oxidation sites excluding steroid dienone is 1. The van der Waals surface area contributed by atoms with E-state index in [-0.39, 0.29) is 18.0 Å². The fourth-order valence-electron chi connectivity index (χ4n) is 3.33. The predicted octanol–water partition coefficient (Wildman–Crippen LogP) is 6.13. The van der Waals surface area contributed by atoms with Crippen LogP contribution in [0.2, 0.25) is 58.9 Å². The second-order valence-electron chi connectivity index (χ2n) is 11.0. The maximum atomic E-state index is 12.2. The van der Waals surface area contributed by atoms with E-state index >= 15 is 0 Å². The zero-order chi connectivity index (χ0) is 21.6. The summed E-state index contributed by atoms with van der Waals surface area (Å²) in [6.45, 7) is 20.6. The van der Waals surface area contributed by atoms with Gasteiger partial charge in [0.15, 0.2) is 30.7 Å². The minimum atomic E-state index is -1.60. The molecule has 0 aromatic heterocycles. The van der Waals surface area contributed by atoms with Gasteiger partial charge in [0, 0.05) is 6.42 Å². The summed E-state index contributed by atoms with van der Waals surface area (Å²) >= 11 is 0. The van der Waals surface area contributed by atoms with Gasteiger partial charge in [-0.15, -0.1) is 0 Å². The van der Waals surface area contributed by atoms with Gasteiger partial charge in [-0.05, 0) is 89.8 Å². The third-order valence-electron chi connectivity index (χ3n) is 4.33. The fraction of sp³-hybridized carbons (Fsp3) is 0.857. The molecule has 7 heteroatoms. The van der Waals surface area contributed by atoms with Crippen molar-refractivity contribution in [2.24, 2.45) is 0 Å². The van der Waals surface area contributed by atoms with Gasteiger partial charge in [0.2, 0.25) is 0 Å². The molecule has 0 aromatic carbocycles. The van der Waals surface area contributed by atoms with Crippen LogP contribution in [0.15, 0.2) is 11.6 Å². The third-order valence-corrected chi connectivity index (χ3v) is 7.41. The number of carbonyl (C=O) groups excluding carboxylic acids is 1. The molecule has 0 radical (unpaired) electrons. The van der Waals surface area contributed by atoms with Crippen LogP contribution in [0.3, 0.4) is 0 Å². The second kappa shape index (κ2) is 10.8. The molecule has 164 valence electrons. The van der Waals surface area contributed by atoms with E-state index < -0.39 is 25.0 Å². The van der Waals surface area contributed by atoms with Gasteiger partial charge in [-0.2, -0.15) is 0 Å². The molecule has 0 heterocycles. The molecule has 0 aromatic rings. The standard InChI is InChI=1S/C21H44O4Si3/c1-26(2,3)23-17-19(24-27(4,5)6)14-12-10-11-13-18-15-20(16-21(18)22)25-28(7,8)9/h15,19-20H,10-14,16-17H2,1-9H3. The van der Waals surface area contributed by atoms with Crippen molar-refractivity contribution in [3.8, 4) is 0 Å². The Hall–Kier alpha value is -0.0594. The van der Waals surface area contributed by atoms with Gasteiger partial charge in [-0.25, -0.2) is 0 Å². The van der Waals surface area contributed by atoms with E-state index in [0.29, 0.717) is 6.42 Å². The SMILES string of the molecule is C[Si](C)(C)OCC(CCCCCC1=CC(O[Si](C)(C)C)CC1=O)O[Si](C)(C)C. The van der Waals surface area contributed by atoms with Crippen molar-refractivity contribution in [3.05, 3.63) is 11.6 Å². The number of ketones is 1. The average Bonchev–Trinajstić information content (AvgIpc) is 2.79. The molecule has 28 heavy (non-hydrogen) atoms. The molecule has 1 rings (SSSR count). The van der Waals surface area contributed by atoms with Gasteiger partial charge < -0.3 is 13.3 Å². The summed E-state index contributed by atoms with van der Waals surface area (Å²) in [4.78, 5) is 12.2. The number of rotatable bonds is 13. The molecule has 2 atom stereocenters. The summed E-state index contributed by atoms with van der Waals surface area (Å²) < 4.78 is 18.5. The van der Waals surface area contributed by atoms with Crippen LogP contribution in [-0.4, -0.2) is 49.6 Å². The Bertz CT molecular complexity index is 527. The smallest absolute Gasteiger partial charge is 0.184 e. The van der Waals surface area contributed by atoms with Crippen LogP contribution in [0, 0.1) is 0 Å². The highest BCUT2D eigenvalue weighted by Gasteiger charge is 2.28. The van der Waals surface area contributed by atoms with Crippen molar-refractivity contribution in [2.75, 3.05) is 6.61 Å². The number of unbranched alkanes of at least 4 members (excludes halogenated alkanes) is 2. The van der Waals surface area contributed by atoms with Gasteiger partial charge in [0.1, 0.15) is 0 Å². The first-order valence-corrected chi connectivity index (χ1v) is 21.1. The monoisotopic (exact) mass is 444 g/mol. The van der Waals surface area contributed by atoms with Crippen LogP contribution < -0.4 is 0 Å². The molecule has 1 aliphatic carbocycles. The number of hydrogen-bond donors (Lipinski definition) is 0. The highest BCUT2D eigenvalue weighted by Crippen LogP contribution is 2.25. The van der Waals surface area contributed by atoms with E-state index in [1.54, 1.807) is 0 Å². The zero-order valence-corrected chi connectivity index (χ0v) is 22.8. The molecule has 0 aliphatic heterocycles. The minimum absolute atomic E-state index is 0.0161. The van der Waals surface area contributed by atoms with Crippen molar-refractivity contribution >= 4 is 30.7 Å². The molecule has 2 unspecified atom stereocenters. The Morgan fingerprint density at radius 3 is 2.11 bits per heavy atom. The maximum absolute atomic E-state index is 12.2. The Labute approximate surface area is 176 Å². The van der Waals surface area contributed by atoms with Crippen LogP contribution in [-0.2, 0) is 18.1 Å². The molecule has 0 amide bonds. The Morgan fingerprint density at radius 2 is 1.57 bits per heavy atom. The summed E-state index contributed by atoms with van der Waals surface area (Å²) in [5.41, 5.74) is 0.986. The third kappa shape index (κ3) is 12.5. The highest BCUT2D eigenvalue weighted by atomic mass is 28.4. The summed E-state index contributed by atoms with van der Waals surface area (Å²) in [5.74, 6) is 0.284. The van der Waals surface area contributed by atoms with Gasteiger partial charge >= 0.3 is 0 Å². The topological polar surface area (TPSA) is 44.8 Å². The summed E-state index contributed by atoms with van der Waals surface area (Å²) in [7, 11) is -4.69. The molecular formula is C21H44O4Si3. The van der Waals surface area contributed by atoms with E-state index in [9.17, 15) is 4.79 Å². The van der Waals surface area contributed by atoms with Crippen molar-refractivity contribution < 1.29 is 18.1 Å². The molecule has 0 fully saturated rings. The minimum Gasteiger partial charge on any atom is -0.415 e. The summed E-state index contributed by atoms with van der Waals surface area (Å²) in [5, 5.41) is 0. The molecular weight excluding hydrogens is 400 g/mol. The van der Waals surface area contributed by atoms with Crippen molar-refractivity contribution in [3.63, 3.8) is 0 Å². The Balaban J connectivity index is 2.38. The van der Waals surface area contributed by atoms with Gasteiger partial charge in [-0.3, -0.25) is 4.79 Å². The molecule has 0 saturated carbocycles. The highest BCUT2D eigenvalue weighted by molar-refractivity contribution is 6.70. The van der Waals surface area contributed by atoms with Crippen LogP contribution in [0.1, 0.15) is 38.5 Å². The normalized spacial score (nSPS) is 19.8. The largest absolute Gasteiger partial charge is 0.415 e. The zero-order valence-electron chi connectivity index (χ0n) is 19.8. The Morgan fingerprint density at radius 1 is 0.929 bits per heavy atom. The summed E-state index contributed by atoms with van der Waals surface area (Å²) in [6.07, 6.45) is 8.09. The summed E-state index contributed by atoms with van der Waals surface area (Å²) in [6, 6.07) is 0. The van der Waals surface area contributed by atoms with E-state index in [0.717, 1.165) is 44.3 Å². The quantitative estimate of drug-likeness (QED) is 0.253. The Kier molecular flexibility index (Phi) is 10.0. The van der Waals surface area contributed by atoms with E-state index in [4.69, 9.17) is 13.3 Å². The average molecular weight is 445 g/mol. The van der Waals surface area contributed by atoms with Gasteiger partial charge in [-0.1, -0.05) is 12.8 Å². The van der Waals surface area contributed by atoms with E-state index in [1.807, 2.05) is 0 Å². The molecule has 0 bridgehead atoms. The lowest BCUT2D eigenvalue weighted by Gasteiger charge is -2.29. The van der Waals surface area contributed by atoms with Crippen LogP contribution in [0.5, 0.6) is 0 Å². The molecule has 0 spiro atoms. The number of carbonyl (C=O) groups is 1. The van der Waals surface area contributed by atoms with Crippen molar-refractivity contribution in [1.29, 1.82) is 0 Å². The van der Waals surface area contributed by atoms with Crippen LogP contribution in [0.25, 0.3) is 0 Å². The van der Waals surface area contributed by atoms with E-state index in [2.05, 4.69) is 65.0 Å². The maximum Gasteiger partial charge on any atom is 0.184 e. The number of hydrogen-bond acceptors (Lipinski definition) is 4. The first-order chi connectivity index (χ1) is 12.6. The number of Topliss-reactive ketones (excluding diaryl/α,β-unsaturated/α-hetero) is 1. The van der Waals surface area contributed by atoms with E-state index in [1.165, 1.54) is 0 Å². The predicted molar refractivity (Wildman–Crippen MR) is 127 cm³/mol. The lowest BCUT2D eigenvalue weighted by molar-refractivity contribution is -0.115.